The molecule has 2 aromatic rings. The molecule has 0 amide bonds. The van der Waals surface area contributed by atoms with E-state index in [0.29, 0.717) is 5.75 Å². The lowest BCUT2D eigenvalue weighted by Crippen LogP contribution is -1.90. The third-order valence-electron chi connectivity index (χ3n) is 3.01. The maximum atomic E-state index is 10.6. The second-order valence-electron chi connectivity index (χ2n) is 4.71. The van der Waals surface area contributed by atoms with Crippen molar-refractivity contribution in [3.8, 4) is 11.5 Å². The summed E-state index contributed by atoms with van der Waals surface area (Å²) in [7, 11) is 0. The largest absolute Gasteiger partial charge is 0.478 e. The molecule has 2 aromatic carbocycles. The Morgan fingerprint density at radius 3 is 2.52 bits per heavy atom. The average Bonchev–Trinajstić information content (AvgIpc) is 2.48. The maximum absolute atomic E-state index is 10.6. The van der Waals surface area contributed by atoms with Gasteiger partial charge in [-0.3, -0.25) is 0 Å². The van der Waals surface area contributed by atoms with Gasteiger partial charge in [0, 0.05) is 11.6 Å². The van der Waals surface area contributed by atoms with E-state index in [1.54, 1.807) is 0 Å². The van der Waals surface area contributed by atoms with Gasteiger partial charge in [-0.25, -0.2) is 4.79 Å². The molecule has 0 atom stereocenters. The van der Waals surface area contributed by atoms with Crippen LogP contribution in [-0.2, 0) is 11.2 Å². The van der Waals surface area contributed by atoms with Crippen molar-refractivity contribution in [2.45, 2.75) is 19.8 Å². The number of aliphatic carboxylic acids is 1. The van der Waals surface area contributed by atoms with Gasteiger partial charge in [0.1, 0.15) is 11.5 Å². The van der Waals surface area contributed by atoms with E-state index in [-0.39, 0.29) is 0 Å². The van der Waals surface area contributed by atoms with Crippen LogP contribution in [0.4, 0.5) is 0 Å². The van der Waals surface area contributed by atoms with Gasteiger partial charge in [0.2, 0.25) is 0 Å². The Balaban J connectivity index is 2.17. The molecule has 2 rings (SSSR count). The average molecular weight is 282 g/mol. The fraction of sp³-hybridized carbons (Fsp3) is 0.167. The van der Waals surface area contributed by atoms with Crippen molar-refractivity contribution in [1.82, 2.24) is 0 Å². The second-order valence-corrected chi connectivity index (χ2v) is 4.71. The number of carbonyl (C=O) groups is 1. The second kappa shape index (κ2) is 7.29. The molecule has 0 bridgehead atoms. The van der Waals surface area contributed by atoms with Gasteiger partial charge in [0.15, 0.2) is 0 Å². The molecule has 1 N–H and O–H groups in total. The highest BCUT2D eigenvalue weighted by molar-refractivity contribution is 5.85. The zero-order valence-electron chi connectivity index (χ0n) is 12.0. The molecule has 108 valence electrons. The highest BCUT2D eigenvalue weighted by Gasteiger charge is 2.02. The first-order valence-corrected chi connectivity index (χ1v) is 6.96. The van der Waals surface area contributed by atoms with Gasteiger partial charge in [0.25, 0.3) is 0 Å². The van der Waals surface area contributed by atoms with Crippen LogP contribution in [0, 0.1) is 0 Å². The Bertz CT molecular complexity index is 627. The monoisotopic (exact) mass is 282 g/mol. The quantitative estimate of drug-likeness (QED) is 0.792. The van der Waals surface area contributed by atoms with E-state index in [0.717, 1.165) is 30.2 Å². The van der Waals surface area contributed by atoms with Gasteiger partial charge in [0.05, 0.1) is 0 Å². The molecule has 0 fully saturated rings. The van der Waals surface area contributed by atoms with Crippen molar-refractivity contribution in [2.24, 2.45) is 0 Å². The normalized spacial score (nSPS) is 10.7. The van der Waals surface area contributed by atoms with Crippen LogP contribution in [0.1, 0.15) is 24.5 Å². The highest BCUT2D eigenvalue weighted by Crippen LogP contribution is 2.26. The van der Waals surface area contributed by atoms with Crippen LogP contribution in [0.5, 0.6) is 11.5 Å². The standard InChI is InChI=1S/C18H18O3/c1-2-5-14-8-11-16(12-9-14)21-17-7-4-3-6-15(17)10-13-18(19)20/h3-4,6-13H,2,5H2,1H3,(H,19,20). The highest BCUT2D eigenvalue weighted by atomic mass is 16.5. The Morgan fingerprint density at radius 2 is 1.86 bits per heavy atom. The van der Waals surface area contributed by atoms with Gasteiger partial charge in [-0.05, 0) is 36.3 Å². The first-order chi connectivity index (χ1) is 10.2. The van der Waals surface area contributed by atoms with E-state index >= 15 is 0 Å². The summed E-state index contributed by atoms with van der Waals surface area (Å²) in [6.45, 7) is 2.15. The van der Waals surface area contributed by atoms with Crippen LogP contribution in [0.3, 0.4) is 0 Å². The van der Waals surface area contributed by atoms with Crippen molar-refractivity contribution < 1.29 is 14.6 Å². The van der Waals surface area contributed by atoms with E-state index in [4.69, 9.17) is 9.84 Å². The number of rotatable bonds is 6. The Morgan fingerprint density at radius 1 is 1.14 bits per heavy atom. The van der Waals surface area contributed by atoms with Gasteiger partial charge in [-0.1, -0.05) is 43.7 Å². The molecule has 0 aliphatic carbocycles. The molecule has 0 spiro atoms. The first kappa shape index (κ1) is 14.9. The van der Waals surface area contributed by atoms with Crippen LogP contribution in [0.25, 0.3) is 6.08 Å². The molecule has 0 radical (unpaired) electrons. The third-order valence-corrected chi connectivity index (χ3v) is 3.01. The van der Waals surface area contributed by atoms with Crippen LogP contribution in [0.15, 0.2) is 54.6 Å². The lowest BCUT2D eigenvalue weighted by Gasteiger charge is -2.09. The van der Waals surface area contributed by atoms with Crippen LogP contribution < -0.4 is 4.74 Å². The summed E-state index contributed by atoms with van der Waals surface area (Å²) in [6.07, 6.45) is 4.80. The third kappa shape index (κ3) is 4.49. The van der Waals surface area contributed by atoms with Crippen LogP contribution >= 0.6 is 0 Å². The van der Waals surface area contributed by atoms with Crippen molar-refractivity contribution in [3.05, 3.63) is 65.7 Å². The number of hydrogen-bond acceptors (Lipinski definition) is 2. The summed E-state index contributed by atoms with van der Waals surface area (Å²) in [5.41, 5.74) is 2.02. The van der Waals surface area contributed by atoms with Crippen molar-refractivity contribution in [2.75, 3.05) is 0 Å². The Kier molecular flexibility index (Phi) is 5.16. The molecule has 0 unspecified atom stereocenters. The van der Waals surface area contributed by atoms with E-state index in [2.05, 4.69) is 19.1 Å². The fourth-order valence-electron chi connectivity index (χ4n) is 2.01. The minimum absolute atomic E-state index is 0.637. The van der Waals surface area contributed by atoms with Gasteiger partial charge < -0.3 is 9.84 Å². The SMILES string of the molecule is CCCc1ccc(Oc2ccccc2C=CC(=O)O)cc1. The molecule has 21 heavy (non-hydrogen) atoms. The molecular weight excluding hydrogens is 264 g/mol. The van der Waals surface area contributed by atoms with Crippen molar-refractivity contribution in [3.63, 3.8) is 0 Å². The zero-order valence-corrected chi connectivity index (χ0v) is 12.0. The summed E-state index contributed by atoms with van der Waals surface area (Å²) in [6, 6.07) is 15.3. The number of para-hydroxylation sites is 1. The number of aryl methyl sites for hydroxylation is 1. The lowest BCUT2D eigenvalue weighted by atomic mass is 10.1. The van der Waals surface area contributed by atoms with E-state index in [1.807, 2.05) is 36.4 Å². The summed E-state index contributed by atoms with van der Waals surface area (Å²) in [5, 5.41) is 8.71. The number of benzene rings is 2. The van der Waals surface area contributed by atoms with Gasteiger partial charge in [-0.2, -0.15) is 0 Å². The fourth-order valence-corrected chi connectivity index (χ4v) is 2.01. The van der Waals surface area contributed by atoms with E-state index < -0.39 is 5.97 Å². The Hall–Kier alpha value is -2.55. The van der Waals surface area contributed by atoms with Crippen LogP contribution in [-0.4, -0.2) is 11.1 Å². The van der Waals surface area contributed by atoms with Gasteiger partial charge in [-0.15, -0.1) is 0 Å². The summed E-state index contributed by atoms with van der Waals surface area (Å²) in [5.74, 6) is 0.401. The molecule has 0 aliphatic heterocycles. The molecule has 0 saturated carbocycles. The smallest absolute Gasteiger partial charge is 0.328 e. The molecule has 0 heterocycles. The predicted octanol–water partition coefficient (Wildman–Crippen LogP) is 4.53. The van der Waals surface area contributed by atoms with Crippen molar-refractivity contribution >= 4 is 12.0 Å². The topological polar surface area (TPSA) is 46.5 Å². The Labute approximate surface area is 124 Å². The molecule has 0 saturated heterocycles. The van der Waals surface area contributed by atoms with Gasteiger partial charge >= 0.3 is 5.97 Å². The van der Waals surface area contributed by atoms with Crippen LogP contribution in [0.2, 0.25) is 0 Å². The lowest BCUT2D eigenvalue weighted by molar-refractivity contribution is -0.131. The number of carboxylic acid groups (broad SMARTS) is 1. The molecule has 3 nitrogen and oxygen atoms in total. The minimum Gasteiger partial charge on any atom is -0.478 e. The molecule has 0 aliphatic rings. The molecule has 0 aromatic heterocycles. The first-order valence-electron chi connectivity index (χ1n) is 6.96. The number of hydrogen-bond donors (Lipinski definition) is 1. The number of ether oxygens (including phenoxy) is 1. The summed E-state index contributed by atoms with van der Waals surface area (Å²) >= 11 is 0. The summed E-state index contributed by atoms with van der Waals surface area (Å²) in [4.78, 5) is 10.6. The van der Waals surface area contributed by atoms with E-state index in [1.165, 1.54) is 11.6 Å². The molecule has 3 heteroatoms. The minimum atomic E-state index is -0.978. The summed E-state index contributed by atoms with van der Waals surface area (Å²) < 4.78 is 5.83. The maximum Gasteiger partial charge on any atom is 0.328 e. The predicted molar refractivity (Wildman–Crippen MR) is 83.6 cm³/mol. The number of carboxylic acids is 1. The van der Waals surface area contributed by atoms with Crippen molar-refractivity contribution in [1.29, 1.82) is 0 Å². The zero-order chi connectivity index (χ0) is 15.1. The van der Waals surface area contributed by atoms with E-state index in [9.17, 15) is 4.79 Å². The molecular formula is C18H18O3.